The molecule has 1 heteroatoms. The molecule has 1 atom stereocenters. The Bertz CT molecular complexity index is 284. The SMILES string of the molecule is C=CCC1=CC(CCCC)OC12CCCCC2. The van der Waals surface area contributed by atoms with E-state index >= 15 is 0 Å². The Morgan fingerprint density at radius 2 is 2.18 bits per heavy atom. The van der Waals surface area contributed by atoms with Crippen molar-refractivity contribution < 1.29 is 4.74 Å². The van der Waals surface area contributed by atoms with Gasteiger partial charge in [-0.3, -0.25) is 0 Å². The van der Waals surface area contributed by atoms with Gasteiger partial charge in [0.05, 0.1) is 11.7 Å². The molecule has 1 nitrogen and oxygen atoms in total. The highest BCUT2D eigenvalue weighted by Gasteiger charge is 2.41. The summed E-state index contributed by atoms with van der Waals surface area (Å²) >= 11 is 0. The first-order valence-electron chi connectivity index (χ1n) is 7.30. The topological polar surface area (TPSA) is 9.23 Å². The molecule has 17 heavy (non-hydrogen) atoms. The first-order chi connectivity index (χ1) is 8.30. The molecule has 0 amide bonds. The van der Waals surface area contributed by atoms with Gasteiger partial charge in [-0.1, -0.05) is 51.2 Å². The van der Waals surface area contributed by atoms with E-state index in [1.54, 1.807) is 0 Å². The lowest BCUT2D eigenvalue weighted by Gasteiger charge is -2.36. The van der Waals surface area contributed by atoms with E-state index in [2.05, 4.69) is 19.6 Å². The summed E-state index contributed by atoms with van der Waals surface area (Å²) in [4.78, 5) is 0. The monoisotopic (exact) mass is 234 g/mol. The van der Waals surface area contributed by atoms with Crippen LogP contribution in [0.5, 0.6) is 0 Å². The first kappa shape index (κ1) is 12.9. The molecular weight excluding hydrogens is 208 g/mol. The third kappa shape index (κ3) is 2.82. The fourth-order valence-corrected chi connectivity index (χ4v) is 3.29. The highest BCUT2D eigenvalue weighted by molar-refractivity contribution is 5.27. The normalized spacial score (nSPS) is 27.1. The van der Waals surface area contributed by atoms with Gasteiger partial charge in [-0.25, -0.2) is 0 Å². The lowest BCUT2D eigenvalue weighted by molar-refractivity contribution is -0.0555. The summed E-state index contributed by atoms with van der Waals surface area (Å²) in [5, 5.41) is 0. The summed E-state index contributed by atoms with van der Waals surface area (Å²) in [7, 11) is 0. The van der Waals surface area contributed by atoms with Crippen molar-refractivity contribution >= 4 is 0 Å². The van der Waals surface area contributed by atoms with E-state index in [4.69, 9.17) is 4.74 Å². The van der Waals surface area contributed by atoms with Crippen molar-refractivity contribution in [1.29, 1.82) is 0 Å². The van der Waals surface area contributed by atoms with Crippen LogP contribution in [-0.2, 0) is 4.74 Å². The zero-order chi connectivity index (χ0) is 12.1. The Morgan fingerprint density at radius 1 is 1.41 bits per heavy atom. The van der Waals surface area contributed by atoms with Crippen molar-refractivity contribution in [1.82, 2.24) is 0 Å². The third-order valence-corrected chi connectivity index (χ3v) is 4.22. The van der Waals surface area contributed by atoms with E-state index in [1.165, 1.54) is 56.9 Å². The van der Waals surface area contributed by atoms with Crippen LogP contribution in [0.1, 0.15) is 64.7 Å². The first-order valence-corrected chi connectivity index (χ1v) is 7.30. The zero-order valence-electron chi connectivity index (χ0n) is 11.2. The number of hydrogen-bond donors (Lipinski definition) is 0. The van der Waals surface area contributed by atoms with Crippen molar-refractivity contribution in [2.75, 3.05) is 0 Å². The molecule has 0 aromatic carbocycles. The Morgan fingerprint density at radius 3 is 2.82 bits per heavy atom. The van der Waals surface area contributed by atoms with Gasteiger partial charge in [0.1, 0.15) is 0 Å². The van der Waals surface area contributed by atoms with Gasteiger partial charge in [0.25, 0.3) is 0 Å². The van der Waals surface area contributed by atoms with Gasteiger partial charge in [-0.05, 0) is 31.3 Å². The van der Waals surface area contributed by atoms with E-state index in [0.717, 1.165) is 6.42 Å². The highest BCUT2D eigenvalue weighted by Crippen LogP contribution is 2.44. The van der Waals surface area contributed by atoms with E-state index in [9.17, 15) is 0 Å². The molecule has 0 radical (unpaired) electrons. The second kappa shape index (κ2) is 5.86. The molecule has 2 rings (SSSR count). The van der Waals surface area contributed by atoms with Gasteiger partial charge in [0, 0.05) is 0 Å². The lowest BCUT2D eigenvalue weighted by atomic mass is 9.79. The Hall–Kier alpha value is -0.560. The minimum absolute atomic E-state index is 0.102. The van der Waals surface area contributed by atoms with Crippen LogP contribution in [0.3, 0.4) is 0 Å². The predicted molar refractivity (Wildman–Crippen MR) is 73.1 cm³/mol. The van der Waals surface area contributed by atoms with E-state index in [-0.39, 0.29) is 5.60 Å². The largest absolute Gasteiger partial charge is 0.363 e. The Balaban J connectivity index is 2.05. The molecule has 1 aliphatic heterocycles. The van der Waals surface area contributed by atoms with Crippen LogP contribution in [0.15, 0.2) is 24.3 Å². The third-order valence-electron chi connectivity index (χ3n) is 4.22. The molecule has 0 aromatic rings. The number of allylic oxidation sites excluding steroid dienone is 1. The zero-order valence-corrected chi connectivity index (χ0v) is 11.2. The predicted octanol–water partition coefficient (Wildman–Crippen LogP) is 4.78. The Labute approximate surface area is 106 Å². The second-order valence-electron chi connectivity index (χ2n) is 5.54. The van der Waals surface area contributed by atoms with E-state index < -0.39 is 0 Å². The molecule has 1 aliphatic carbocycles. The number of ether oxygens (including phenoxy) is 1. The Kier molecular flexibility index (Phi) is 4.44. The molecule has 0 saturated heterocycles. The number of rotatable bonds is 5. The minimum Gasteiger partial charge on any atom is -0.363 e. The smallest absolute Gasteiger partial charge is 0.0903 e. The molecule has 1 unspecified atom stereocenters. The molecule has 0 bridgehead atoms. The van der Waals surface area contributed by atoms with Crippen molar-refractivity contribution in [3.05, 3.63) is 24.3 Å². The van der Waals surface area contributed by atoms with Crippen LogP contribution in [-0.4, -0.2) is 11.7 Å². The fourth-order valence-electron chi connectivity index (χ4n) is 3.29. The van der Waals surface area contributed by atoms with Gasteiger partial charge < -0.3 is 4.74 Å². The maximum Gasteiger partial charge on any atom is 0.0903 e. The number of unbranched alkanes of at least 4 members (excludes halogenated alkanes) is 1. The molecular formula is C16H26O. The standard InChI is InChI=1S/C16H26O/c1-3-5-10-15-13-14(9-4-2)16(17-15)11-7-6-8-12-16/h4,13,15H,2-3,5-12H2,1H3. The van der Waals surface area contributed by atoms with Gasteiger partial charge in [-0.15, -0.1) is 6.58 Å². The lowest BCUT2D eigenvalue weighted by Crippen LogP contribution is -2.35. The molecule has 2 aliphatic rings. The summed E-state index contributed by atoms with van der Waals surface area (Å²) in [6.07, 6.45) is 16.1. The summed E-state index contributed by atoms with van der Waals surface area (Å²) < 4.78 is 6.42. The van der Waals surface area contributed by atoms with Crippen molar-refractivity contribution in [3.63, 3.8) is 0 Å². The molecule has 96 valence electrons. The maximum atomic E-state index is 6.42. The minimum atomic E-state index is 0.102. The average molecular weight is 234 g/mol. The maximum absolute atomic E-state index is 6.42. The van der Waals surface area contributed by atoms with Crippen LogP contribution in [0.25, 0.3) is 0 Å². The molecule has 1 fully saturated rings. The van der Waals surface area contributed by atoms with E-state index in [0.29, 0.717) is 6.10 Å². The van der Waals surface area contributed by atoms with Crippen LogP contribution < -0.4 is 0 Å². The van der Waals surface area contributed by atoms with E-state index in [1.807, 2.05) is 6.08 Å². The molecule has 1 spiro atoms. The van der Waals surface area contributed by atoms with Gasteiger partial charge >= 0.3 is 0 Å². The highest BCUT2D eigenvalue weighted by atomic mass is 16.5. The summed E-state index contributed by atoms with van der Waals surface area (Å²) in [6, 6.07) is 0. The summed E-state index contributed by atoms with van der Waals surface area (Å²) in [5.41, 5.74) is 1.62. The summed E-state index contributed by atoms with van der Waals surface area (Å²) in [6.45, 7) is 6.14. The summed E-state index contributed by atoms with van der Waals surface area (Å²) in [5.74, 6) is 0. The molecule has 1 heterocycles. The van der Waals surface area contributed by atoms with Crippen LogP contribution in [0.4, 0.5) is 0 Å². The van der Waals surface area contributed by atoms with Crippen LogP contribution in [0.2, 0.25) is 0 Å². The van der Waals surface area contributed by atoms with Crippen molar-refractivity contribution in [2.45, 2.75) is 76.4 Å². The van der Waals surface area contributed by atoms with Gasteiger partial charge in [0.2, 0.25) is 0 Å². The van der Waals surface area contributed by atoms with Gasteiger partial charge in [-0.2, -0.15) is 0 Å². The van der Waals surface area contributed by atoms with Crippen molar-refractivity contribution in [3.8, 4) is 0 Å². The van der Waals surface area contributed by atoms with Gasteiger partial charge in [0.15, 0.2) is 0 Å². The fraction of sp³-hybridized carbons (Fsp3) is 0.750. The molecule has 0 aromatic heterocycles. The number of hydrogen-bond acceptors (Lipinski definition) is 1. The second-order valence-corrected chi connectivity index (χ2v) is 5.54. The van der Waals surface area contributed by atoms with Crippen molar-refractivity contribution in [2.24, 2.45) is 0 Å². The quantitative estimate of drug-likeness (QED) is 0.622. The van der Waals surface area contributed by atoms with Crippen LogP contribution >= 0.6 is 0 Å². The average Bonchev–Trinajstić information content (AvgIpc) is 2.66. The molecule has 0 N–H and O–H groups in total. The van der Waals surface area contributed by atoms with Crippen LogP contribution in [0, 0.1) is 0 Å². The molecule has 1 saturated carbocycles.